The Morgan fingerprint density at radius 2 is 1.73 bits per heavy atom. The second kappa shape index (κ2) is 8.71. The summed E-state index contributed by atoms with van der Waals surface area (Å²) in [7, 11) is 0. The number of hydrogen-bond donors (Lipinski definition) is 1. The van der Waals surface area contributed by atoms with Crippen LogP contribution in [-0.4, -0.2) is 37.3 Å². The van der Waals surface area contributed by atoms with Gasteiger partial charge in [0, 0.05) is 11.6 Å². The number of benzene rings is 2. The first-order valence-electron chi connectivity index (χ1n) is 9.98. The molecule has 33 heavy (non-hydrogen) atoms. The molecule has 0 saturated carbocycles. The van der Waals surface area contributed by atoms with Crippen LogP contribution < -0.4 is 5.43 Å². The Bertz CT molecular complexity index is 1420. The van der Waals surface area contributed by atoms with E-state index in [-0.39, 0.29) is 5.89 Å². The fourth-order valence-electron chi connectivity index (χ4n) is 3.07. The van der Waals surface area contributed by atoms with Crippen molar-refractivity contribution in [3.63, 3.8) is 0 Å². The maximum Gasteiger partial charge on any atom is 0.283 e. The van der Waals surface area contributed by atoms with Crippen LogP contribution in [0.2, 0.25) is 0 Å². The molecule has 1 amide bonds. The van der Waals surface area contributed by atoms with Gasteiger partial charge in [0.15, 0.2) is 5.76 Å². The van der Waals surface area contributed by atoms with Gasteiger partial charge in [0.05, 0.1) is 23.7 Å². The molecule has 10 heteroatoms. The third-order valence-electron chi connectivity index (χ3n) is 4.68. The molecular weight excluding hydrogens is 422 g/mol. The Labute approximate surface area is 187 Å². The van der Waals surface area contributed by atoms with Crippen molar-refractivity contribution in [2.24, 2.45) is 5.10 Å². The predicted molar refractivity (Wildman–Crippen MR) is 119 cm³/mol. The molecule has 3 aromatic heterocycles. The molecule has 0 spiro atoms. The zero-order valence-corrected chi connectivity index (χ0v) is 17.4. The number of hydrogen-bond acceptors (Lipinski definition) is 8. The summed E-state index contributed by atoms with van der Waals surface area (Å²) in [5.74, 6) is 0.780. The number of para-hydroxylation sites is 1. The quantitative estimate of drug-likeness (QED) is 0.316. The van der Waals surface area contributed by atoms with Crippen LogP contribution in [0.15, 0.2) is 86.9 Å². The van der Waals surface area contributed by atoms with E-state index in [2.05, 4.69) is 30.9 Å². The van der Waals surface area contributed by atoms with Crippen LogP contribution in [0.3, 0.4) is 0 Å². The van der Waals surface area contributed by atoms with E-state index < -0.39 is 5.91 Å². The second-order valence-electron chi connectivity index (χ2n) is 6.95. The summed E-state index contributed by atoms with van der Waals surface area (Å²) in [6, 6.07) is 20.4. The molecule has 0 aliphatic carbocycles. The number of nitrogens with zero attached hydrogens (tertiary/aromatic N) is 6. The van der Waals surface area contributed by atoms with Gasteiger partial charge in [0.2, 0.25) is 5.89 Å². The Kier molecular flexibility index (Phi) is 5.30. The summed E-state index contributed by atoms with van der Waals surface area (Å²) < 4.78 is 11.3. The molecule has 162 valence electrons. The second-order valence-corrected chi connectivity index (χ2v) is 6.95. The maximum absolute atomic E-state index is 12.6. The molecule has 0 bridgehead atoms. The first-order chi connectivity index (χ1) is 16.2. The van der Waals surface area contributed by atoms with Gasteiger partial charge in [-0.2, -0.15) is 15.0 Å². The van der Waals surface area contributed by atoms with Crippen LogP contribution >= 0.6 is 0 Å². The van der Waals surface area contributed by atoms with Crippen molar-refractivity contribution < 1.29 is 13.6 Å². The number of aromatic nitrogens is 5. The van der Waals surface area contributed by atoms with E-state index in [9.17, 15) is 4.79 Å². The summed E-state index contributed by atoms with van der Waals surface area (Å²) in [6.07, 6.45) is 2.95. The van der Waals surface area contributed by atoms with E-state index in [0.717, 1.165) is 11.3 Å². The van der Waals surface area contributed by atoms with E-state index in [1.165, 1.54) is 17.1 Å². The normalized spacial score (nSPS) is 11.2. The van der Waals surface area contributed by atoms with Crippen LogP contribution in [-0.2, 0) is 0 Å². The Balaban J connectivity index is 1.27. The molecular formula is C23H17N7O3. The zero-order valence-electron chi connectivity index (χ0n) is 17.4. The Hall–Kier alpha value is -4.86. The minimum Gasteiger partial charge on any atom is -0.455 e. The van der Waals surface area contributed by atoms with Gasteiger partial charge in [-0.15, -0.1) is 15.3 Å². The largest absolute Gasteiger partial charge is 0.455 e. The molecule has 2 aromatic carbocycles. The van der Waals surface area contributed by atoms with Crippen molar-refractivity contribution in [2.45, 2.75) is 6.92 Å². The number of hydrazone groups is 1. The number of carbonyl (C=O) groups excluding carboxylic acids is 1. The Morgan fingerprint density at radius 3 is 2.52 bits per heavy atom. The van der Waals surface area contributed by atoms with Crippen molar-refractivity contribution in [3.05, 3.63) is 89.9 Å². The van der Waals surface area contributed by atoms with Gasteiger partial charge in [0.25, 0.3) is 11.8 Å². The van der Waals surface area contributed by atoms with Gasteiger partial charge < -0.3 is 8.83 Å². The standard InChI is InChI=1S/C23H17N7O3/c1-15-19(12-20(32-15)23-28-27-22(33-23)16-8-4-2-5-9-16)21(31)26-24-13-17-14-25-30(29-17)18-10-6-3-7-11-18/h2-14H,1H3,(H,26,31)/b24-13+. The minimum atomic E-state index is -0.447. The lowest BCUT2D eigenvalue weighted by Crippen LogP contribution is -2.17. The first kappa shape index (κ1) is 20.1. The molecule has 3 heterocycles. The molecule has 0 saturated heterocycles. The Morgan fingerprint density at radius 1 is 1.00 bits per heavy atom. The number of nitrogens with one attached hydrogen (secondary N) is 1. The highest BCUT2D eigenvalue weighted by molar-refractivity contribution is 5.96. The van der Waals surface area contributed by atoms with Crippen molar-refractivity contribution in [3.8, 4) is 28.8 Å². The lowest BCUT2D eigenvalue weighted by molar-refractivity contribution is 0.0953. The topological polar surface area (TPSA) is 124 Å². The van der Waals surface area contributed by atoms with Crippen molar-refractivity contribution in [2.75, 3.05) is 0 Å². The molecule has 5 aromatic rings. The monoisotopic (exact) mass is 439 g/mol. The molecule has 0 fully saturated rings. The third kappa shape index (κ3) is 4.30. The van der Waals surface area contributed by atoms with E-state index >= 15 is 0 Å². The zero-order chi connectivity index (χ0) is 22.6. The van der Waals surface area contributed by atoms with Crippen LogP contribution in [0.1, 0.15) is 21.8 Å². The maximum atomic E-state index is 12.6. The highest BCUT2D eigenvalue weighted by atomic mass is 16.4. The SMILES string of the molecule is Cc1oc(-c2nnc(-c3ccccc3)o2)cc1C(=O)N/N=C/c1cnn(-c2ccccc2)n1. The fraction of sp³-hybridized carbons (Fsp3) is 0.0435. The number of carbonyl (C=O) groups is 1. The number of amides is 1. The highest BCUT2D eigenvalue weighted by Gasteiger charge is 2.20. The molecule has 0 aliphatic heterocycles. The predicted octanol–water partition coefficient (Wildman–Crippen LogP) is 3.65. The smallest absolute Gasteiger partial charge is 0.283 e. The van der Waals surface area contributed by atoms with E-state index in [1.807, 2.05) is 60.7 Å². The van der Waals surface area contributed by atoms with Crippen molar-refractivity contribution >= 4 is 12.1 Å². The summed E-state index contributed by atoms with van der Waals surface area (Å²) in [4.78, 5) is 14.0. The summed E-state index contributed by atoms with van der Waals surface area (Å²) in [5.41, 5.74) is 4.86. The van der Waals surface area contributed by atoms with Crippen LogP contribution in [0.5, 0.6) is 0 Å². The van der Waals surface area contributed by atoms with Gasteiger partial charge in [-0.25, -0.2) is 5.43 Å². The third-order valence-corrected chi connectivity index (χ3v) is 4.68. The number of aryl methyl sites for hydroxylation is 1. The summed E-state index contributed by atoms with van der Waals surface area (Å²) in [5, 5.41) is 20.5. The van der Waals surface area contributed by atoms with Gasteiger partial charge >= 0.3 is 0 Å². The van der Waals surface area contributed by atoms with Crippen LogP contribution in [0.25, 0.3) is 28.8 Å². The van der Waals surface area contributed by atoms with Gasteiger partial charge in [-0.1, -0.05) is 36.4 Å². The van der Waals surface area contributed by atoms with E-state index in [1.54, 1.807) is 13.1 Å². The lowest BCUT2D eigenvalue weighted by atomic mass is 10.2. The van der Waals surface area contributed by atoms with Gasteiger partial charge in [0.1, 0.15) is 11.5 Å². The molecule has 10 nitrogen and oxygen atoms in total. The average Bonchev–Trinajstić information content (AvgIpc) is 3.60. The molecule has 5 rings (SSSR count). The highest BCUT2D eigenvalue weighted by Crippen LogP contribution is 2.27. The molecule has 0 radical (unpaired) electrons. The summed E-state index contributed by atoms with van der Waals surface area (Å²) >= 11 is 0. The first-order valence-corrected chi connectivity index (χ1v) is 9.98. The van der Waals surface area contributed by atoms with Crippen molar-refractivity contribution in [1.82, 2.24) is 30.6 Å². The fourth-order valence-corrected chi connectivity index (χ4v) is 3.07. The van der Waals surface area contributed by atoms with E-state index in [4.69, 9.17) is 8.83 Å². The summed E-state index contributed by atoms with van der Waals surface area (Å²) in [6.45, 7) is 1.67. The lowest BCUT2D eigenvalue weighted by Gasteiger charge is -1.97. The van der Waals surface area contributed by atoms with Crippen molar-refractivity contribution in [1.29, 1.82) is 0 Å². The molecule has 0 unspecified atom stereocenters. The molecule has 0 atom stereocenters. The van der Waals surface area contributed by atoms with Crippen LogP contribution in [0.4, 0.5) is 0 Å². The van der Waals surface area contributed by atoms with Gasteiger partial charge in [-0.05, 0) is 31.2 Å². The van der Waals surface area contributed by atoms with E-state index in [0.29, 0.717) is 28.7 Å². The number of furan rings is 1. The average molecular weight is 439 g/mol. The van der Waals surface area contributed by atoms with Crippen LogP contribution in [0, 0.1) is 6.92 Å². The molecule has 1 N–H and O–H groups in total. The van der Waals surface area contributed by atoms with Gasteiger partial charge in [-0.3, -0.25) is 4.79 Å². The minimum absolute atomic E-state index is 0.178. The number of rotatable bonds is 6. The molecule has 0 aliphatic rings.